The van der Waals surface area contributed by atoms with Gasteiger partial charge in [0.05, 0.1) is 11.1 Å². The number of amides is 1. The lowest BCUT2D eigenvalue weighted by atomic mass is 10.0. The molecule has 0 unspecified atom stereocenters. The first-order chi connectivity index (χ1) is 17.9. The van der Waals surface area contributed by atoms with Crippen molar-refractivity contribution in [3.63, 3.8) is 0 Å². The van der Waals surface area contributed by atoms with E-state index < -0.39 is 11.7 Å². The standard InChI is InChI=1S/C30H19F3N2OS/c31-30(32,33)22-9-6-19(7-10-22)28-27(29(36)35-23-11-13-25-21(16-23)14-15-34-25)24-12-8-20(17-26(24)37-28)18-4-2-1-3-5-18/h1-17,34H,(H,35,36). The van der Waals surface area contributed by atoms with Crippen LogP contribution in [0.3, 0.4) is 0 Å². The van der Waals surface area contributed by atoms with Crippen molar-refractivity contribution in [2.45, 2.75) is 6.18 Å². The molecule has 0 spiro atoms. The third kappa shape index (κ3) is 4.38. The number of anilines is 1. The minimum absolute atomic E-state index is 0.316. The summed E-state index contributed by atoms with van der Waals surface area (Å²) < 4.78 is 40.4. The van der Waals surface area contributed by atoms with Crippen LogP contribution in [0.2, 0.25) is 0 Å². The molecule has 0 aliphatic heterocycles. The summed E-state index contributed by atoms with van der Waals surface area (Å²) in [6.07, 6.45) is -2.60. The van der Waals surface area contributed by atoms with Gasteiger partial charge in [-0.25, -0.2) is 0 Å². The van der Waals surface area contributed by atoms with Gasteiger partial charge >= 0.3 is 6.18 Å². The molecule has 0 saturated carbocycles. The van der Waals surface area contributed by atoms with Gasteiger partial charge in [-0.3, -0.25) is 4.79 Å². The minimum Gasteiger partial charge on any atom is -0.361 e. The summed E-state index contributed by atoms with van der Waals surface area (Å²) in [5.41, 5.74) is 3.90. The SMILES string of the molecule is O=C(Nc1ccc2[nH]ccc2c1)c1c(-c2ccc(C(F)(F)F)cc2)sc2cc(-c3ccccc3)ccc12. The smallest absolute Gasteiger partial charge is 0.361 e. The van der Waals surface area contributed by atoms with Crippen LogP contribution < -0.4 is 5.32 Å². The number of rotatable bonds is 4. The topological polar surface area (TPSA) is 44.9 Å². The van der Waals surface area contributed by atoms with E-state index in [1.807, 2.05) is 79.0 Å². The maximum atomic E-state index is 13.6. The number of hydrogen-bond donors (Lipinski definition) is 2. The quantitative estimate of drug-likeness (QED) is 0.243. The Morgan fingerprint density at radius 1 is 0.784 bits per heavy atom. The third-order valence-electron chi connectivity index (χ3n) is 6.31. The maximum Gasteiger partial charge on any atom is 0.416 e. The number of nitrogens with one attached hydrogen (secondary N) is 2. The van der Waals surface area contributed by atoms with Crippen molar-refractivity contribution in [3.8, 4) is 21.6 Å². The molecule has 2 aromatic heterocycles. The lowest BCUT2D eigenvalue weighted by Crippen LogP contribution is -2.12. The highest BCUT2D eigenvalue weighted by molar-refractivity contribution is 7.22. The van der Waals surface area contributed by atoms with Crippen LogP contribution in [0, 0.1) is 0 Å². The molecule has 0 bridgehead atoms. The molecule has 4 aromatic carbocycles. The molecule has 37 heavy (non-hydrogen) atoms. The van der Waals surface area contributed by atoms with Gasteiger partial charge in [-0.15, -0.1) is 11.3 Å². The largest absolute Gasteiger partial charge is 0.416 e. The molecule has 3 nitrogen and oxygen atoms in total. The van der Waals surface area contributed by atoms with Crippen LogP contribution in [0.5, 0.6) is 0 Å². The Balaban J connectivity index is 1.46. The Labute approximate surface area is 214 Å². The highest BCUT2D eigenvalue weighted by atomic mass is 32.1. The molecular weight excluding hydrogens is 493 g/mol. The number of alkyl halides is 3. The number of halogens is 3. The molecule has 2 N–H and O–H groups in total. The van der Waals surface area contributed by atoms with Crippen molar-refractivity contribution in [1.82, 2.24) is 4.98 Å². The monoisotopic (exact) mass is 512 g/mol. The summed E-state index contributed by atoms with van der Waals surface area (Å²) in [5.74, 6) is -0.316. The number of H-pyrrole nitrogens is 1. The molecule has 6 aromatic rings. The molecule has 0 atom stereocenters. The van der Waals surface area contributed by atoms with E-state index in [1.54, 1.807) is 0 Å². The fourth-order valence-electron chi connectivity index (χ4n) is 4.47. The van der Waals surface area contributed by atoms with Crippen molar-refractivity contribution in [2.24, 2.45) is 0 Å². The third-order valence-corrected chi connectivity index (χ3v) is 7.51. The van der Waals surface area contributed by atoms with Crippen LogP contribution in [0.15, 0.2) is 103 Å². The molecule has 2 heterocycles. The summed E-state index contributed by atoms with van der Waals surface area (Å²) in [5, 5.41) is 4.70. The number of aromatic nitrogens is 1. The Kier molecular flexibility index (Phi) is 5.57. The lowest BCUT2D eigenvalue weighted by Gasteiger charge is -2.10. The van der Waals surface area contributed by atoms with Crippen molar-refractivity contribution in [2.75, 3.05) is 5.32 Å². The molecule has 182 valence electrons. The lowest BCUT2D eigenvalue weighted by molar-refractivity contribution is -0.137. The van der Waals surface area contributed by atoms with Gasteiger partial charge in [0, 0.05) is 37.8 Å². The number of thiophene rings is 1. The molecule has 6 rings (SSSR count). The number of aromatic amines is 1. The molecule has 0 aliphatic carbocycles. The second-order valence-electron chi connectivity index (χ2n) is 8.69. The maximum absolute atomic E-state index is 13.6. The summed E-state index contributed by atoms with van der Waals surface area (Å²) in [7, 11) is 0. The molecule has 0 fully saturated rings. The van der Waals surface area contributed by atoms with E-state index in [-0.39, 0.29) is 5.91 Å². The normalized spacial score (nSPS) is 11.8. The van der Waals surface area contributed by atoms with Gasteiger partial charge in [-0.05, 0) is 59.2 Å². The minimum atomic E-state index is -4.43. The average molecular weight is 513 g/mol. The van der Waals surface area contributed by atoms with Gasteiger partial charge in [0.1, 0.15) is 0 Å². The van der Waals surface area contributed by atoms with Crippen LogP contribution in [0.25, 0.3) is 42.6 Å². The van der Waals surface area contributed by atoms with Gasteiger partial charge in [0.15, 0.2) is 0 Å². The second-order valence-corrected chi connectivity index (χ2v) is 9.74. The Morgan fingerprint density at radius 2 is 1.54 bits per heavy atom. The second kappa shape index (κ2) is 8.94. The Morgan fingerprint density at radius 3 is 2.30 bits per heavy atom. The fraction of sp³-hybridized carbons (Fsp3) is 0.0333. The first-order valence-electron chi connectivity index (χ1n) is 11.5. The predicted molar refractivity (Wildman–Crippen MR) is 144 cm³/mol. The number of benzene rings is 4. The summed E-state index contributed by atoms with van der Waals surface area (Å²) in [6.45, 7) is 0. The van der Waals surface area contributed by atoms with E-state index >= 15 is 0 Å². The van der Waals surface area contributed by atoms with Crippen LogP contribution >= 0.6 is 11.3 Å². The van der Waals surface area contributed by atoms with Gasteiger partial charge in [-0.2, -0.15) is 13.2 Å². The number of fused-ring (bicyclic) bond motifs is 2. The summed E-state index contributed by atoms with van der Waals surface area (Å²) >= 11 is 1.39. The van der Waals surface area contributed by atoms with Crippen molar-refractivity contribution < 1.29 is 18.0 Å². The van der Waals surface area contributed by atoms with E-state index in [0.717, 1.165) is 44.2 Å². The summed E-state index contributed by atoms with van der Waals surface area (Å²) in [6, 6.07) is 28.2. The zero-order valence-corrected chi connectivity index (χ0v) is 20.1. The fourth-order valence-corrected chi connectivity index (χ4v) is 5.72. The first kappa shape index (κ1) is 23.1. The van der Waals surface area contributed by atoms with Gasteiger partial charge in [0.25, 0.3) is 5.91 Å². The number of carbonyl (C=O) groups excluding carboxylic acids is 1. The summed E-state index contributed by atoms with van der Waals surface area (Å²) in [4.78, 5) is 17.4. The van der Waals surface area contributed by atoms with Crippen molar-refractivity contribution in [3.05, 3.63) is 114 Å². The van der Waals surface area contributed by atoms with E-state index in [0.29, 0.717) is 21.7 Å². The van der Waals surface area contributed by atoms with E-state index in [2.05, 4.69) is 10.3 Å². The van der Waals surface area contributed by atoms with Crippen molar-refractivity contribution in [1.29, 1.82) is 0 Å². The number of hydrogen-bond acceptors (Lipinski definition) is 2. The van der Waals surface area contributed by atoms with E-state index in [4.69, 9.17) is 0 Å². The van der Waals surface area contributed by atoms with E-state index in [1.165, 1.54) is 23.5 Å². The molecule has 7 heteroatoms. The Bertz CT molecular complexity index is 1750. The highest BCUT2D eigenvalue weighted by Gasteiger charge is 2.30. The Hall–Kier alpha value is -4.36. The van der Waals surface area contributed by atoms with Gasteiger partial charge in [-0.1, -0.05) is 54.6 Å². The highest BCUT2D eigenvalue weighted by Crippen LogP contribution is 2.41. The molecule has 0 aliphatic rings. The van der Waals surface area contributed by atoms with Crippen LogP contribution in [-0.2, 0) is 6.18 Å². The van der Waals surface area contributed by atoms with Crippen LogP contribution in [0.4, 0.5) is 18.9 Å². The van der Waals surface area contributed by atoms with E-state index in [9.17, 15) is 18.0 Å². The van der Waals surface area contributed by atoms with Gasteiger partial charge < -0.3 is 10.3 Å². The zero-order valence-electron chi connectivity index (χ0n) is 19.3. The molecule has 1 amide bonds. The number of carbonyl (C=O) groups is 1. The predicted octanol–water partition coefficient (Wildman–Crippen LogP) is 8.99. The van der Waals surface area contributed by atoms with Gasteiger partial charge in [0.2, 0.25) is 0 Å². The zero-order chi connectivity index (χ0) is 25.6. The van der Waals surface area contributed by atoms with Crippen molar-refractivity contribution >= 4 is 43.9 Å². The average Bonchev–Trinajstić information content (AvgIpc) is 3.52. The molecular formula is C30H19F3N2OS. The van der Waals surface area contributed by atoms with Crippen LogP contribution in [-0.4, -0.2) is 10.9 Å². The molecule has 0 radical (unpaired) electrons. The van der Waals surface area contributed by atoms with Crippen LogP contribution in [0.1, 0.15) is 15.9 Å². The molecule has 0 saturated heterocycles. The first-order valence-corrected chi connectivity index (χ1v) is 12.4.